The fourth-order valence-electron chi connectivity index (χ4n) is 4.25. The highest BCUT2D eigenvalue weighted by Gasteiger charge is 2.31. The number of morpholine rings is 1. The van der Waals surface area contributed by atoms with Crippen LogP contribution in [0.5, 0.6) is 5.75 Å². The summed E-state index contributed by atoms with van der Waals surface area (Å²) in [5, 5.41) is 0. The molecule has 136 valence electrons. The van der Waals surface area contributed by atoms with Gasteiger partial charge in [-0.05, 0) is 50.3 Å². The molecule has 5 nitrogen and oxygen atoms in total. The van der Waals surface area contributed by atoms with E-state index >= 15 is 0 Å². The van der Waals surface area contributed by atoms with Crippen LogP contribution in [0.15, 0.2) is 24.3 Å². The van der Waals surface area contributed by atoms with Crippen molar-refractivity contribution < 1.29 is 14.3 Å². The quantitative estimate of drug-likeness (QED) is 0.842. The van der Waals surface area contributed by atoms with Crippen LogP contribution in [-0.4, -0.2) is 67.2 Å². The van der Waals surface area contributed by atoms with Gasteiger partial charge in [0.15, 0.2) is 0 Å². The molecule has 0 spiro atoms. The molecule has 2 saturated heterocycles. The normalized spacial score (nSPS) is 25.4. The lowest BCUT2D eigenvalue weighted by molar-refractivity contribution is 0.0185. The number of carbonyl (C=O) groups excluding carboxylic acids is 1. The van der Waals surface area contributed by atoms with Crippen molar-refractivity contribution in [2.24, 2.45) is 0 Å². The summed E-state index contributed by atoms with van der Waals surface area (Å²) in [7, 11) is 0. The van der Waals surface area contributed by atoms with Crippen LogP contribution in [0.2, 0.25) is 0 Å². The van der Waals surface area contributed by atoms with Gasteiger partial charge in [-0.1, -0.05) is 6.07 Å². The Bertz CT molecular complexity index is 594. The van der Waals surface area contributed by atoms with Gasteiger partial charge < -0.3 is 14.4 Å². The Morgan fingerprint density at radius 2 is 1.88 bits per heavy atom. The minimum absolute atomic E-state index is 0.132. The second-order valence-electron chi connectivity index (χ2n) is 7.39. The van der Waals surface area contributed by atoms with Gasteiger partial charge in [0.1, 0.15) is 5.75 Å². The van der Waals surface area contributed by atoms with Crippen molar-refractivity contribution in [2.45, 2.75) is 44.2 Å². The first-order valence-electron chi connectivity index (χ1n) is 9.67. The largest absolute Gasteiger partial charge is 0.490 e. The summed E-state index contributed by atoms with van der Waals surface area (Å²) in [5.41, 5.74) is 0.748. The molecule has 0 unspecified atom stereocenters. The topological polar surface area (TPSA) is 42.0 Å². The van der Waals surface area contributed by atoms with Crippen molar-refractivity contribution in [3.63, 3.8) is 0 Å². The standard InChI is InChI=1S/C20H28N2O3/c23-20(22-9-8-17(15-22)21-10-12-24-13-11-21)16-4-3-7-19(14-16)25-18-5-1-2-6-18/h3-4,7,14,17-18H,1-2,5-6,8-13,15H2/t17-/m1/s1. The molecular weight excluding hydrogens is 316 g/mol. The van der Waals surface area contributed by atoms with Crippen LogP contribution in [-0.2, 0) is 4.74 Å². The molecule has 3 aliphatic rings. The van der Waals surface area contributed by atoms with E-state index in [0.717, 1.165) is 70.0 Å². The van der Waals surface area contributed by atoms with E-state index in [-0.39, 0.29) is 5.91 Å². The van der Waals surface area contributed by atoms with E-state index in [4.69, 9.17) is 9.47 Å². The van der Waals surface area contributed by atoms with E-state index in [1.165, 1.54) is 12.8 Å². The Morgan fingerprint density at radius 3 is 2.68 bits per heavy atom. The average molecular weight is 344 g/mol. The number of amides is 1. The molecule has 1 saturated carbocycles. The summed E-state index contributed by atoms with van der Waals surface area (Å²) < 4.78 is 11.5. The Balaban J connectivity index is 1.37. The molecule has 4 rings (SSSR count). The van der Waals surface area contributed by atoms with Crippen LogP contribution in [0.1, 0.15) is 42.5 Å². The van der Waals surface area contributed by atoms with Crippen molar-refractivity contribution in [3.05, 3.63) is 29.8 Å². The summed E-state index contributed by atoms with van der Waals surface area (Å²) in [6.07, 6.45) is 6.14. The van der Waals surface area contributed by atoms with E-state index in [9.17, 15) is 4.79 Å². The van der Waals surface area contributed by atoms with Gasteiger partial charge in [-0.25, -0.2) is 0 Å². The number of rotatable bonds is 4. The van der Waals surface area contributed by atoms with Gasteiger partial charge >= 0.3 is 0 Å². The van der Waals surface area contributed by atoms with Gasteiger partial charge in [-0.2, -0.15) is 0 Å². The highest BCUT2D eigenvalue weighted by molar-refractivity contribution is 5.94. The monoisotopic (exact) mass is 344 g/mol. The molecule has 25 heavy (non-hydrogen) atoms. The van der Waals surface area contributed by atoms with Crippen LogP contribution in [0.25, 0.3) is 0 Å². The van der Waals surface area contributed by atoms with E-state index in [0.29, 0.717) is 12.1 Å². The van der Waals surface area contributed by atoms with Crippen molar-refractivity contribution in [1.29, 1.82) is 0 Å². The lowest BCUT2D eigenvalue weighted by Crippen LogP contribution is -2.45. The number of likely N-dealkylation sites (tertiary alicyclic amines) is 1. The summed E-state index contributed by atoms with van der Waals surface area (Å²) >= 11 is 0. The number of benzene rings is 1. The third-order valence-corrected chi connectivity index (χ3v) is 5.70. The summed E-state index contributed by atoms with van der Waals surface area (Å²) in [6, 6.07) is 8.21. The van der Waals surface area contributed by atoms with Gasteiger partial charge in [0.05, 0.1) is 19.3 Å². The minimum Gasteiger partial charge on any atom is -0.490 e. The Labute approximate surface area is 149 Å². The molecule has 1 aliphatic carbocycles. The first-order chi connectivity index (χ1) is 12.3. The van der Waals surface area contributed by atoms with E-state index in [1.54, 1.807) is 0 Å². The molecule has 1 aromatic carbocycles. The molecule has 0 bridgehead atoms. The van der Waals surface area contributed by atoms with Gasteiger partial charge in [-0.3, -0.25) is 9.69 Å². The molecule has 0 aromatic heterocycles. The molecular formula is C20H28N2O3. The van der Waals surface area contributed by atoms with Crippen LogP contribution in [0, 0.1) is 0 Å². The van der Waals surface area contributed by atoms with E-state index in [2.05, 4.69) is 4.90 Å². The Hall–Kier alpha value is -1.59. The van der Waals surface area contributed by atoms with Crippen LogP contribution >= 0.6 is 0 Å². The predicted molar refractivity (Wildman–Crippen MR) is 96.0 cm³/mol. The van der Waals surface area contributed by atoms with Gasteiger partial charge in [0.25, 0.3) is 5.91 Å². The third kappa shape index (κ3) is 3.98. The summed E-state index contributed by atoms with van der Waals surface area (Å²) in [5.74, 6) is 0.967. The molecule has 2 aliphatic heterocycles. The maximum absolute atomic E-state index is 12.9. The Kier molecular flexibility index (Phi) is 5.22. The lowest BCUT2D eigenvalue weighted by Gasteiger charge is -2.32. The van der Waals surface area contributed by atoms with Crippen LogP contribution in [0.4, 0.5) is 0 Å². The van der Waals surface area contributed by atoms with Crippen LogP contribution < -0.4 is 4.74 Å². The number of ether oxygens (including phenoxy) is 2. The van der Waals surface area contributed by atoms with Gasteiger partial charge in [0, 0.05) is 37.8 Å². The molecule has 1 aromatic rings. The zero-order chi connectivity index (χ0) is 17.1. The molecule has 1 atom stereocenters. The third-order valence-electron chi connectivity index (χ3n) is 5.70. The zero-order valence-electron chi connectivity index (χ0n) is 14.9. The molecule has 5 heteroatoms. The van der Waals surface area contributed by atoms with Crippen LogP contribution in [0.3, 0.4) is 0 Å². The fraction of sp³-hybridized carbons (Fsp3) is 0.650. The SMILES string of the molecule is O=C(c1cccc(OC2CCCC2)c1)N1CC[C@@H](N2CCOCC2)C1. The van der Waals surface area contributed by atoms with Crippen molar-refractivity contribution in [2.75, 3.05) is 39.4 Å². The maximum Gasteiger partial charge on any atom is 0.254 e. The zero-order valence-corrected chi connectivity index (χ0v) is 14.9. The first kappa shape index (κ1) is 16.9. The number of nitrogens with zero attached hydrogens (tertiary/aromatic N) is 2. The number of carbonyl (C=O) groups is 1. The van der Waals surface area contributed by atoms with Crippen molar-refractivity contribution >= 4 is 5.91 Å². The van der Waals surface area contributed by atoms with Gasteiger partial charge in [-0.15, -0.1) is 0 Å². The minimum atomic E-state index is 0.132. The Morgan fingerprint density at radius 1 is 1.08 bits per heavy atom. The van der Waals surface area contributed by atoms with Crippen molar-refractivity contribution in [1.82, 2.24) is 9.80 Å². The van der Waals surface area contributed by atoms with Gasteiger partial charge in [0.2, 0.25) is 0 Å². The molecule has 2 heterocycles. The second kappa shape index (κ2) is 7.75. The fourth-order valence-corrected chi connectivity index (χ4v) is 4.25. The maximum atomic E-state index is 12.9. The predicted octanol–water partition coefficient (Wildman–Crippen LogP) is 2.55. The number of hydrogen-bond donors (Lipinski definition) is 0. The smallest absolute Gasteiger partial charge is 0.254 e. The van der Waals surface area contributed by atoms with E-state index in [1.807, 2.05) is 29.2 Å². The number of hydrogen-bond acceptors (Lipinski definition) is 4. The summed E-state index contributed by atoms with van der Waals surface area (Å²) in [6.45, 7) is 5.26. The molecule has 3 fully saturated rings. The average Bonchev–Trinajstić information content (AvgIpc) is 3.34. The highest BCUT2D eigenvalue weighted by atomic mass is 16.5. The highest BCUT2D eigenvalue weighted by Crippen LogP contribution is 2.26. The lowest BCUT2D eigenvalue weighted by atomic mass is 10.2. The molecule has 0 radical (unpaired) electrons. The molecule has 0 N–H and O–H groups in total. The van der Waals surface area contributed by atoms with Crippen molar-refractivity contribution in [3.8, 4) is 5.75 Å². The van der Waals surface area contributed by atoms with E-state index < -0.39 is 0 Å². The second-order valence-corrected chi connectivity index (χ2v) is 7.39. The molecule has 1 amide bonds. The first-order valence-corrected chi connectivity index (χ1v) is 9.67. The summed E-state index contributed by atoms with van der Waals surface area (Å²) in [4.78, 5) is 17.4.